The summed E-state index contributed by atoms with van der Waals surface area (Å²) in [5.74, 6) is 1.50. The Hall–Kier alpha value is -2.30. The highest BCUT2D eigenvalue weighted by Crippen LogP contribution is 2.30. The van der Waals surface area contributed by atoms with Crippen molar-refractivity contribution in [2.75, 3.05) is 5.73 Å². The quantitative estimate of drug-likeness (QED) is 0.707. The van der Waals surface area contributed by atoms with Crippen LogP contribution in [0.1, 0.15) is 5.69 Å². The molecule has 2 N–H and O–H groups in total. The fourth-order valence-electron chi connectivity index (χ4n) is 2.32. The van der Waals surface area contributed by atoms with E-state index in [4.69, 9.17) is 5.73 Å². The number of hydrogen-bond donors (Lipinski definition) is 1. The molecule has 0 saturated heterocycles. The van der Waals surface area contributed by atoms with Crippen molar-refractivity contribution in [2.45, 2.75) is 6.92 Å². The third kappa shape index (κ3) is 1.33. The molecule has 92 valence electrons. The molecular weight excluding hydrogens is 226 g/mol. The summed E-state index contributed by atoms with van der Waals surface area (Å²) >= 11 is 0. The van der Waals surface area contributed by atoms with Gasteiger partial charge in [-0.1, -0.05) is 12.1 Å². The third-order valence-corrected chi connectivity index (χ3v) is 3.28. The van der Waals surface area contributed by atoms with Crippen LogP contribution in [0.5, 0.6) is 0 Å². The first-order chi connectivity index (χ1) is 8.59. The van der Waals surface area contributed by atoms with Crippen molar-refractivity contribution in [1.82, 2.24) is 19.3 Å². The lowest BCUT2D eigenvalue weighted by Crippen LogP contribution is -2.00. The number of aryl methyl sites for hydroxylation is 3. The lowest BCUT2D eigenvalue weighted by atomic mass is 10.2. The number of anilines is 1. The molecule has 0 aliphatic heterocycles. The van der Waals surface area contributed by atoms with E-state index in [-0.39, 0.29) is 0 Å². The van der Waals surface area contributed by atoms with E-state index < -0.39 is 0 Å². The van der Waals surface area contributed by atoms with Crippen LogP contribution in [0.3, 0.4) is 0 Å². The van der Waals surface area contributed by atoms with Gasteiger partial charge in [-0.3, -0.25) is 4.68 Å². The van der Waals surface area contributed by atoms with E-state index in [1.165, 1.54) is 0 Å². The molecule has 5 heteroatoms. The fourth-order valence-corrected chi connectivity index (χ4v) is 2.32. The molecule has 2 heterocycles. The number of rotatable bonds is 1. The normalized spacial score (nSPS) is 11.3. The number of benzene rings is 1. The number of nitrogens with two attached hydrogens (primary N) is 1. The second-order valence-electron chi connectivity index (χ2n) is 4.45. The smallest absolute Gasteiger partial charge is 0.146 e. The van der Waals surface area contributed by atoms with E-state index in [0.717, 1.165) is 28.1 Å². The first-order valence-electron chi connectivity index (χ1n) is 5.80. The first kappa shape index (κ1) is 10.8. The zero-order chi connectivity index (χ0) is 12.9. The Bertz CT molecular complexity index is 735. The van der Waals surface area contributed by atoms with Crippen molar-refractivity contribution in [3.63, 3.8) is 0 Å². The molecule has 0 saturated carbocycles. The summed E-state index contributed by atoms with van der Waals surface area (Å²) in [7, 11) is 3.84. The number of fused-ring (bicyclic) bond motifs is 1. The Balaban J connectivity index is 2.35. The van der Waals surface area contributed by atoms with Crippen LogP contribution in [0.25, 0.3) is 22.4 Å². The predicted molar refractivity (Wildman–Crippen MR) is 72.1 cm³/mol. The van der Waals surface area contributed by atoms with Crippen LogP contribution < -0.4 is 5.73 Å². The van der Waals surface area contributed by atoms with Crippen LogP contribution in [0.2, 0.25) is 0 Å². The molecule has 0 unspecified atom stereocenters. The van der Waals surface area contributed by atoms with Crippen LogP contribution >= 0.6 is 0 Å². The average molecular weight is 241 g/mol. The molecule has 0 radical (unpaired) electrons. The third-order valence-electron chi connectivity index (χ3n) is 3.28. The second-order valence-corrected chi connectivity index (χ2v) is 4.45. The standard InChI is InChI=1S/C13H15N5/c1-8-11(12(14)18(3)16-8)13-15-9-6-4-5-7-10(9)17(13)2/h4-7H,14H2,1-3H3. The largest absolute Gasteiger partial charge is 0.383 e. The minimum Gasteiger partial charge on any atom is -0.383 e. The SMILES string of the molecule is Cc1nn(C)c(N)c1-c1nc2ccccc2n1C. The van der Waals surface area contributed by atoms with Crippen molar-refractivity contribution < 1.29 is 0 Å². The molecule has 0 spiro atoms. The zero-order valence-electron chi connectivity index (χ0n) is 10.7. The second kappa shape index (κ2) is 3.60. The summed E-state index contributed by atoms with van der Waals surface area (Å²) in [6.45, 7) is 1.95. The molecule has 5 nitrogen and oxygen atoms in total. The van der Waals surface area contributed by atoms with E-state index in [9.17, 15) is 0 Å². The predicted octanol–water partition coefficient (Wildman–Crippen LogP) is 1.86. The summed E-state index contributed by atoms with van der Waals surface area (Å²) < 4.78 is 3.74. The number of imidazole rings is 1. The van der Waals surface area contributed by atoms with Gasteiger partial charge in [-0.25, -0.2) is 4.98 Å². The van der Waals surface area contributed by atoms with Gasteiger partial charge in [-0.2, -0.15) is 5.10 Å². The molecule has 0 bridgehead atoms. The Labute approximate surface area is 105 Å². The number of hydrogen-bond acceptors (Lipinski definition) is 3. The number of para-hydroxylation sites is 2. The average Bonchev–Trinajstić information content (AvgIpc) is 2.79. The van der Waals surface area contributed by atoms with Crippen molar-refractivity contribution in [3.8, 4) is 11.4 Å². The maximum atomic E-state index is 6.07. The van der Waals surface area contributed by atoms with Crippen LogP contribution in [0.15, 0.2) is 24.3 Å². The monoisotopic (exact) mass is 241 g/mol. The molecule has 2 aromatic heterocycles. The fraction of sp³-hybridized carbons (Fsp3) is 0.231. The van der Waals surface area contributed by atoms with Crippen molar-refractivity contribution in [3.05, 3.63) is 30.0 Å². The molecule has 18 heavy (non-hydrogen) atoms. The molecule has 0 fully saturated rings. The minimum atomic E-state index is 0.644. The van der Waals surface area contributed by atoms with Gasteiger partial charge in [0.25, 0.3) is 0 Å². The van der Waals surface area contributed by atoms with E-state index in [1.54, 1.807) is 4.68 Å². The highest BCUT2D eigenvalue weighted by Gasteiger charge is 2.18. The minimum absolute atomic E-state index is 0.644. The van der Waals surface area contributed by atoms with Crippen molar-refractivity contribution in [1.29, 1.82) is 0 Å². The number of nitrogen functional groups attached to an aromatic ring is 1. The maximum Gasteiger partial charge on any atom is 0.146 e. The summed E-state index contributed by atoms with van der Waals surface area (Å²) in [6, 6.07) is 8.04. The van der Waals surface area contributed by atoms with E-state index in [2.05, 4.69) is 14.6 Å². The molecule has 0 amide bonds. The summed E-state index contributed by atoms with van der Waals surface area (Å²) in [4.78, 5) is 4.65. The summed E-state index contributed by atoms with van der Waals surface area (Å²) in [6.07, 6.45) is 0. The maximum absolute atomic E-state index is 6.07. The van der Waals surface area contributed by atoms with Gasteiger partial charge in [-0.15, -0.1) is 0 Å². The Morgan fingerprint density at radius 1 is 1.17 bits per heavy atom. The van der Waals surface area contributed by atoms with E-state index >= 15 is 0 Å². The van der Waals surface area contributed by atoms with Crippen LogP contribution in [-0.4, -0.2) is 19.3 Å². The highest BCUT2D eigenvalue weighted by atomic mass is 15.3. The van der Waals surface area contributed by atoms with Gasteiger partial charge < -0.3 is 10.3 Å². The summed E-state index contributed by atoms with van der Waals surface area (Å²) in [5.41, 5.74) is 9.95. The highest BCUT2D eigenvalue weighted by molar-refractivity contribution is 5.83. The van der Waals surface area contributed by atoms with Gasteiger partial charge in [0.2, 0.25) is 0 Å². The molecule has 1 aromatic carbocycles. The van der Waals surface area contributed by atoms with Gasteiger partial charge >= 0.3 is 0 Å². The Kier molecular flexibility index (Phi) is 2.16. The lowest BCUT2D eigenvalue weighted by Gasteiger charge is -2.02. The Morgan fingerprint density at radius 3 is 2.50 bits per heavy atom. The molecule has 0 atom stereocenters. The number of aromatic nitrogens is 4. The molecule has 3 rings (SSSR count). The van der Waals surface area contributed by atoms with Gasteiger partial charge in [0.05, 0.1) is 22.3 Å². The van der Waals surface area contributed by atoms with Crippen molar-refractivity contribution in [2.24, 2.45) is 14.1 Å². The van der Waals surface area contributed by atoms with Crippen molar-refractivity contribution >= 4 is 16.9 Å². The number of nitrogens with zero attached hydrogens (tertiary/aromatic N) is 4. The first-order valence-corrected chi connectivity index (χ1v) is 5.80. The molecular formula is C13H15N5. The van der Waals surface area contributed by atoms with E-state index in [1.807, 2.05) is 45.3 Å². The van der Waals surface area contributed by atoms with Gasteiger partial charge in [-0.05, 0) is 19.1 Å². The Morgan fingerprint density at radius 2 is 1.89 bits per heavy atom. The summed E-state index contributed by atoms with van der Waals surface area (Å²) in [5, 5.41) is 4.34. The van der Waals surface area contributed by atoms with E-state index in [0.29, 0.717) is 5.82 Å². The van der Waals surface area contributed by atoms with Crippen LogP contribution in [-0.2, 0) is 14.1 Å². The molecule has 0 aliphatic rings. The lowest BCUT2D eigenvalue weighted by molar-refractivity contribution is 0.767. The van der Waals surface area contributed by atoms with Gasteiger partial charge in [0.15, 0.2) is 0 Å². The molecule has 3 aromatic rings. The van der Waals surface area contributed by atoms with Crippen LogP contribution in [0.4, 0.5) is 5.82 Å². The van der Waals surface area contributed by atoms with Gasteiger partial charge in [0.1, 0.15) is 11.6 Å². The topological polar surface area (TPSA) is 61.7 Å². The molecule has 0 aliphatic carbocycles. The van der Waals surface area contributed by atoms with Crippen LogP contribution in [0, 0.1) is 6.92 Å². The van der Waals surface area contributed by atoms with Gasteiger partial charge in [0, 0.05) is 14.1 Å². The zero-order valence-corrected chi connectivity index (χ0v) is 10.7.